The molecule has 0 aliphatic carbocycles. The van der Waals surface area contributed by atoms with Gasteiger partial charge in [-0.05, 0) is 12.5 Å². The normalized spacial score (nSPS) is 21.5. The number of amides is 1. The number of halogens is 1. The molecule has 23 heavy (non-hydrogen) atoms. The number of carbonyl (C=O) groups excluding carboxylic acids is 1. The zero-order valence-electron chi connectivity index (χ0n) is 12.0. The molecule has 1 saturated heterocycles. The Hall–Kier alpha value is -2.41. The van der Waals surface area contributed by atoms with E-state index in [0.717, 1.165) is 5.56 Å². The number of rotatable bonds is 2. The van der Waals surface area contributed by atoms with Crippen molar-refractivity contribution in [2.45, 2.75) is 25.1 Å². The molecule has 2 N–H and O–H groups in total. The first-order valence-corrected chi connectivity index (χ1v) is 7.64. The number of aromatic amines is 1. The van der Waals surface area contributed by atoms with Crippen molar-refractivity contribution in [3.8, 4) is 5.88 Å². The predicted octanol–water partition coefficient (Wildman–Crippen LogP) is 2.17. The van der Waals surface area contributed by atoms with E-state index in [0.29, 0.717) is 23.7 Å². The second kappa shape index (κ2) is 5.06. The number of H-pyrrole nitrogens is 1. The standard InChI is InChI=1S/C15H14ClN3O4/c16-10-4-2-1-3-8(10)7-23-15(22)18-6-9-5-11(18)12-13(20)17-14(21)19(9)12/h1-4,9,11,20H,5-7H2,(H,17,21). The third-order valence-electron chi connectivity index (χ3n) is 4.45. The lowest BCUT2D eigenvalue weighted by atomic mass is 10.2. The molecule has 2 aliphatic heterocycles. The molecule has 1 fully saturated rings. The number of hydrogen-bond donors (Lipinski definition) is 2. The molecular formula is C15H14ClN3O4. The number of carbonyl (C=O) groups is 1. The Morgan fingerprint density at radius 1 is 1.43 bits per heavy atom. The minimum atomic E-state index is -0.475. The third-order valence-corrected chi connectivity index (χ3v) is 4.82. The van der Waals surface area contributed by atoms with Crippen LogP contribution in [0, 0.1) is 0 Å². The number of benzene rings is 1. The van der Waals surface area contributed by atoms with Gasteiger partial charge in [0.2, 0.25) is 5.88 Å². The number of hydrogen-bond acceptors (Lipinski definition) is 4. The van der Waals surface area contributed by atoms with E-state index in [2.05, 4.69) is 4.98 Å². The van der Waals surface area contributed by atoms with Crippen molar-refractivity contribution in [1.29, 1.82) is 0 Å². The van der Waals surface area contributed by atoms with Crippen molar-refractivity contribution < 1.29 is 14.6 Å². The summed E-state index contributed by atoms with van der Waals surface area (Å²) in [5.74, 6) is -0.175. The van der Waals surface area contributed by atoms with Crippen LogP contribution in [-0.2, 0) is 11.3 Å². The molecule has 2 unspecified atom stereocenters. The van der Waals surface area contributed by atoms with Gasteiger partial charge in [-0.3, -0.25) is 14.5 Å². The summed E-state index contributed by atoms with van der Waals surface area (Å²) in [4.78, 5) is 28.0. The zero-order valence-corrected chi connectivity index (χ0v) is 12.8. The van der Waals surface area contributed by atoms with Gasteiger partial charge in [0.05, 0.1) is 12.1 Å². The number of imidazole rings is 1. The van der Waals surface area contributed by atoms with Crippen LogP contribution in [0.15, 0.2) is 29.1 Å². The summed E-state index contributed by atoms with van der Waals surface area (Å²) in [6.45, 7) is 0.481. The Kier molecular flexibility index (Phi) is 3.12. The highest BCUT2D eigenvalue weighted by atomic mass is 35.5. The van der Waals surface area contributed by atoms with Gasteiger partial charge in [0.1, 0.15) is 12.3 Å². The zero-order chi connectivity index (χ0) is 16.1. The first-order valence-electron chi connectivity index (χ1n) is 7.26. The van der Waals surface area contributed by atoms with Crippen molar-refractivity contribution in [2.24, 2.45) is 0 Å². The summed E-state index contributed by atoms with van der Waals surface area (Å²) < 4.78 is 6.86. The number of aromatic hydroxyl groups is 1. The van der Waals surface area contributed by atoms with Crippen LogP contribution in [0.2, 0.25) is 5.02 Å². The van der Waals surface area contributed by atoms with E-state index in [1.54, 1.807) is 23.1 Å². The van der Waals surface area contributed by atoms with E-state index in [-0.39, 0.29) is 30.3 Å². The Bertz CT molecular complexity index is 843. The topological polar surface area (TPSA) is 87.6 Å². The first kappa shape index (κ1) is 14.2. The largest absolute Gasteiger partial charge is 0.493 e. The fraction of sp³-hybridized carbons (Fsp3) is 0.333. The Balaban J connectivity index is 1.50. The fourth-order valence-corrected chi connectivity index (χ4v) is 3.62. The number of nitrogens with one attached hydrogen (secondary N) is 1. The van der Waals surface area contributed by atoms with Crippen LogP contribution in [0.1, 0.15) is 29.8 Å². The number of fused-ring (bicyclic) bond motifs is 5. The van der Waals surface area contributed by atoms with E-state index in [9.17, 15) is 14.7 Å². The average Bonchev–Trinajstić information content (AvgIpc) is 3.19. The molecule has 2 bridgehead atoms. The van der Waals surface area contributed by atoms with Gasteiger partial charge in [0, 0.05) is 17.1 Å². The molecular weight excluding hydrogens is 322 g/mol. The Labute approximate surface area is 136 Å². The van der Waals surface area contributed by atoms with Crippen LogP contribution in [0.3, 0.4) is 0 Å². The van der Waals surface area contributed by atoms with Crippen LogP contribution in [0.25, 0.3) is 0 Å². The summed E-state index contributed by atoms with van der Waals surface area (Å²) >= 11 is 6.04. The number of aromatic nitrogens is 2. The van der Waals surface area contributed by atoms with Gasteiger partial charge >= 0.3 is 11.8 Å². The quantitative estimate of drug-likeness (QED) is 0.880. The lowest BCUT2D eigenvalue weighted by Crippen LogP contribution is -2.37. The summed E-state index contributed by atoms with van der Waals surface area (Å²) in [5.41, 5.74) is 0.850. The molecule has 2 atom stereocenters. The van der Waals surface area contributed by atoms with Crippen LogP contribution in [0.4, 0.5) is 4.79 Å². The van der Waals surface area contributed by atoms with E-state index in [1.165, 1.54) is 4.57 Å². The maximum atomic E-state index is 12.3. The van der Waals surface area contributed by atoms with E-state index in [1.807, 2.05) is 6.07 Å². The molecule has 120 valence electrons. The predicted molar refractivity (Wildman–Crippen MR) is 81.5 cm³/mol. The summed E-state index contributed by atoms with van der Waals surface area (Å²) in [6, 6.07) is 6.70. The molecule has 1 amide bonds. The molecule has 4 rings (SSSR count). The maximum absolute atomic E-state index is 12.3. The third kappa shape index (κ3) is 2.11. The van der Waals surface area contributed by atoms with Crippen molar-refractivity contribution in [3.05, 3.63) is 51.0 Å². The second-order valence-electron chi connectivity index (χ2n) is 5.74. The van der Waals surface area contributed by atoms with Crippen molar-refractivity contribution in [3.63, 3.8) is 0 Å². The SMILES string of the molecule is O=C(OCc1ccccc1Cl)N1CC2CC1c1c(O)[nH]c(=O)n12. The lowest BCUT2D eigenvalue weighted by Gasteiger charge is -2.27. The molecule has 0 saturated carbocycles. The van der Waals surface area contributed by atoms with Gasteiger partial charge in [0.25, 0.3) is 0 Å². The highest BCUT2D eigenvalue weighted by Gasteiger charge is 2.48. The van der Waals surface area contributed by atoms with Crippen LogP contribution < -0.4 is 5.69 Å². The van der Waals surface area contributed by atoms with Crippen molar-refractivity contribution in [2.75, 3.05) is 6.54 Å². The van der Waals surface area contributed by atoms with Crippen molar-refractivity contribution >= 4 is 17.7 Å². The fourth-order valence-electron chi connectivity index (χ4n) is 3.43. The van der Waals surface area contributed by atoms with Gasteiger partial charge in [-0.2, -0.15) is 0 Å². The van der Waals surface area contributed by atoms with Crippen LogP contribution >= 0.6 is 11.6 Å². The minimum Gasteiger partial charge on any atom is -0.493 e. The molecule has 3 heterocycles. The maximum Gasteiger partial charge on any atom is 0.410 e. The Morgan fingerprint density at radius 2 is 2.22 bits per heavy atom. The van der Waals surface area contributed by atoms with Gasteiger partial charge in [-0.15, -0.1) is 0 Å². The molecule has 2 aliphatic rings. The van der Waals surface area contributed by atoms with Crippen LogP contribution in [-0.4, -0.2) is 32.2 Å². The molecule has 1 aromatic heterocycles. The molecule has 0 spiro atoms. The van der Waals surface area contributed by atoms with E-state index < -0.39 is 6.09 Å². The van der Waals surface area contributed by atoms with Gasteiger partial charge < -0.3 is 9.84 Å². The average molecular weight is 336 g/mol. The monoisotopic (exact) mass is 335 g/mol. The molecule has 7 nitrogen and oxygen atoms in total. The molecule has 0 radical (unpaired) electrons. The number of nitrogens with zero attached hydrogens (tertiary/aromatic N) is 2. The minimum absolute atomic E-state index is 0.0817. The number of ether oxygens (including phenoxy) is 1. The van der Waals surface area contributed by atoms with Gasteiger partial charge in [0.15, 0.2) is 0 Å². The smallest absolute Gasteiger partial charge is 0.410 e. The molecule has 1 aromatic carbocycles. The first-order chi connectivity index (χ1) is 11.1. The highest BCUT2D eigenvalue weighted by Crippen LogP contribution is 2.47. The molecule has 2 aromatic rings. The van der Waals surface area contributed by atoms with Crippen molar-refractivity contribution in [1.82, 2.24) is 14.5 Å². The van der Waals surface area contributed by atoms with Crippen LogP contribution in [0.5, 0.6) is 5.88 Å². The Morgan fingerprint density at radius 3 is 3.00 bits per heavy atom. The lowest BCUT2D eigenvalue weighted by molar-refractivity contribution is 0.0870. The van der Waals surface area contributed by atoms with E-state index in [4.69, 9.17) is 16.3 Å². The van der Waals surface area contributed by atoms with Gasteiger partial charge in [-0.1, -0.05) is 29.8 Å². The summed E-state index contributed by atoms with van der Waals surface area (Å²) in [7, 11) is 0. The summed E-state index contributed by atoms with van der Waals surface area (Å²) in [6.07, 6.45) is 0.144. The van der Waals surface area contributed by atoms with Gasteiger partial charge in [-0.25, -0.2) is 9.59 Å². The summed E-state index contributed by atoms with van der Waals surface area (Å²) in [5, 5.41) is 10.4. The second-order valence-corrected chi connectivity index (χ2v) is 6.14. The number of likely N-dealkylation sites (tertiary alicyclic amines) is 1. The highest BCUT2D eigenvalue weighted by molar-refractivity contribution is 6.31. The van der Waals surface area contributed by atoms with E-state index >= 15 is 0 Å². The molecule has 8 heteroatoms.